The van der Waals surface area contributed by atoms with Gasteiger partial charge in [-0.3, -0.25) is 0 Å². The molecule has 0 aliphatic heterocycles. The third kappa shape index (κ3) is 4.76. The second-order valence-electron chi connectivity index (χ2n) is 5.59. The molecule has 0 saturated heterocycles. The summed E-state index contributed by atoms with van der Waals surface area (Å²) >= 11 is 3.42. The van der Waals surface area contributed by atoms with E-state index in [1.54, 1.807) is 31.2 Å². The fourth-order valence-corrected chi connectivity index (χ4v) is 4.01. The maximum absolute atomic E-state index is 12.4. The zero-order chi connectivity index (χ0) is 19.3. The standard InChI is InChI=1S/C18H21BrN2O4S/c1-5-25-18-15(19)9-14(10-16(18)24-4)11-20-21-26(22,23)17-7-6-12(2)8-13(17)3/h6-11,21H,5H2,1-4H3/b20-11+. The van der Waals surface area contributed by atoms with Gasteiger partial charge in [-0.2, -0.15) is 13.5 Å². The van der Waals surface area contributed by atoms with Crippen molar-refractivity contribution in [3.63, 3.8) is 0 Å². The molecule has 0 aliphatic carbocycles. The Morgan fingerprint density at radius 3 is 2.58 bits per heavy atom. The Morgan fingerprint density at radius 2 is 1.96 bits per heavy atom. The van der Waals surface area contributed by atoms with Crippen molar-refractivity contribution in [1.29, 1.82) is 0 Å². The Labute approximate surface area is 162 Å². The molecule has 0 unspecified atom stereocenters. The molecule has 1 N–H and O–H groups in total. The van der Waals surface area contributed by atoms with Crippen molar-refractivity contribution in [1.82, 2.24) is 4.83 Å². The summed E-state index contributed by atoms with van der Waals surface area (Å²) in [5.41, 5.74) is 2.31. The van der Waals surface area contributed by atoms with Crippen LogP contribution in [0, 0.1) is 13.8 Å². The zero-order valence-corrected chi connectivity index (χ0v) is 17.4. The number of ether oxygens (including phenoxy) is 2. The van der Waals surface area contributed by atoms with Gasteiger partial charge in [0.05, 0.1) is 29.3 Å². The van der Waals surface area contributed by atoms with Gasteiger partial charge in [0.2, 0.25) is 0 Å². The Morgan fingerprint density at radius 1 is 1.23 bits per heavy atom. The van der Waals surface area contributed by atoms with E-state index in [4.69, 9.17) is 9.47 Å². The van der Waals surface area contributed by atoms with Gasteiger partial charge >= 0.3 is 0 Å². The van der Waals surface area contributed by atoms with Crippen LogP contribution in [0.2, 0.25) is 0 Å². The van der Waals surface area contributed by atoms with Crippen molar-refractivity contribution >= 4 is 32.2 Å². The average molecular weight is 441 g/mol. The summed E-state index contributed by atoms with van der Waals surface area (Å²) in [6, 6.07) is 8.61. The van der Waals surface area contributed by atoms with Crippen molar-refractivity contribution < 1.29 is 17.9 Å². The third-order valence-electron chi connectivity index (χ3n) is 3.55. The molecule has 2 aromatic rings. The van der Waals surface area contributed by atoms with Gasteiger partial charge < -0.3 is 9.47 Å². The maximum Gasteiger partial charge on any atom is 0.276 e. The van der Waals surface area contributed by atoms with Crippen molar-refractivity contribution in [3.8, 4) is 11.5 Å². The molecule has 8 heteroatoms. The summed E-state index contributed by atoms with van der Waals surface area (Å²) in [4.78, 5) is 2.43. The van der Waals surface area contributed by atoms with Gasteiger partial charge in [-0.15, -0.1) is 0 Å². The number of hydrogen-bond acceptors (Lipinski definition) is 5. The molecular formula is C18H21BrN2O4S. The van der Waals surface area contributed by atoms with Gasteiger partial charge in [0.15, 0.2) is 11.5 Å². The van der Waals surface area contributed by atoms with Crippen molar-refractivity contribution in [2.75, 3.05) is 13.7 Å². The van der Waals surface area contributed by atoms with Gasteiger partial charge in [-0.05, 0) is 66.0 Å². The van der Waals surface area contributed by atoms with Crippen LogP contribution in [0.4, 0.5) is 0 Å². The van der Waals surface area contributed by atoms with E-state index in [9.17, 15) is 8.42 Å². The number of nitrogens with zero attached hydrogens (tertiary/aromatic N) is 1. The van der Waals surface area contributed by atoms with Gasteiger partial charge in [0.1, 0.15) is 0 Å². The quantitative estimate of drug-likeness (QED) is 0.524. The predicted octanol–water partition coefficient (Wildman–Crippen LogP) is 3.79. The number of nitrogens with one attached hydrogen (secondary N) is 1. The first-order valence-corrected chi connectivity index (χ1v) is 10.2. The molecule has 0 radical (unpaired) electrons. The second-order valence-corrected chi connectivity index (χ2v) is 8.07. The topological polar surface area (TPSA) is 77.0 Å². The van der Waals surface area contributed by atoms with Crippen LogP contribution in [0.25, 0.3) is 0 Å². The Balaban J connectivity index is 2.23. The fourth-order valence-electron chi connectivity index (χ4n) is 2.42. The van der Waals surface area contributed by atoms with E-state index in [1.165, 1.54) is 13.3 Å². The highest BCUT2D eigenvalue weighted by molar-refractivity contribution is 9.10. The largest absolute Gasteiger partial charge is 0.493 e. The van der Waals surface area contributed by atoms with E-state index >= 15 is 0 Å². The van der Waals surface area contributed by atoms with Crippen molar-refractivity contribution in [2.45, 2.75) is 25.7 Å². The van der Waals surface area contributed by atoms with Gasteiger partial charge in [-0.25, -0.2) is 4.83 Å². The molecule has 0 spiro atoms. The summed E-state index contributed by atoms with van der Waals surface area (Å²) < 4.78 is 36.3. The van der Waals surface area contributed by atoms with E-state index in [1.807, 2.05) is 19.9 Å². The first-order chi connectivity index (χ1) is 12.3. The highest BCUT2D eigenvalue weighted by Gasteiger charge is 2.16. The number of hydrazone groups is 1. The van der Waals surface area contributed by atoms with Crippen LogP contribution >= 0.6 is 15.9 Å². The van der Waals surface area contributed by atoms with Crippen LogP contribution in [-0.4, -0.2) is 28.3 Å². The highest BCUT2D eigenvalue weighted by atomic mass is 79.9. The lowest BCUT2D eigenvalue weighted by Gasteiger charge is -2.12. The maximum atomic E-state index is 12.4. The molecule has 0 aromatic heterocycles. The molecule has 0 atom stereocenters. The smallest absolute Gasteiger partial charge is 0.276 e. The molecule has 0 bridgehead atoms. The van der Waals surface area contributed by atoms with Crippen LogP contribution in [0.3, 0.4) is 0 Å². The molecule has 0 saturated carbocycles. The Hall–Kier alpha value is -2.06. The number of benzene rings is 2. The first-order valence-electron chi connectivity index (χ1n) is 7.91. The molecule has 0 heterocycles. The Bertz CT molecular complexity index is 927. The van der Waals surface area contributed by atoms with E-state index in [-0.39, 0.29) is 4.90 Å². The van der Waals surface area contributed by atoms with E-state index < -0.39 is 10.0 Å². The Kier molecular flexibility index (Phi) is 6.66. The van der Waals surface area contributed by atoms with Crippen molar-refractivity contribution in [3.05, 3.63) is 51.5 Å². The highest BCUT2D eigenvalue weighted by Crippen LogP contribution is 2.36. The van der Waals surface area contributed by atoms with Gasteiger partial charge in [-0.1, -0.05) is 17.7 Å². The van der Waals surface area contributed by atoms with E-state index in [0.29, 0.717) is 33.7 Å². The minimum Gasteiger partial charge on any atom is -0.493 e. The lowest BCUT2D eigenvalue weighted by Crippen LogP contribution is -2.19. The summed E-state index contributed by atoms with van der Waals surface area (Å²) in [6.45, 7) is 6.03. The lowest BCUT2D eigenvalue weighted by atomic mass is 10.2. The van der Waals surface area contributed by atoms with Crippen LogP contribution in [0.15, 0.2) is 44.8 Å². The molecule has 140 valence electrons. The molecule has 0 fully saturated rings. The van der Waals surface area contributed by atoms with Crippen LogP contribution < -0.4 is 14.3 Å². The number of aryl methyl sites for hydroxylation is 2. The molecule has 2 rings (SSSR count). The lowest BCUT2D eigenvalue weighted by molar-refractivity contribution is 0.309. The zero-order valence-electron chi connectivity index (χ0n) is 15.0. The number of hydrogen-bond donors (Lipinski definition) is 1. The minimum atomic E-state index is -3.74. The molecule has 0 aliphatic rings. The SMILES string of the molecule is CCOc1c(Br)cc(/C=N/NS(=O)(=O)c2ccc(C)cc2C)cc1OC. The molecule has 2 aromatic carbocycles. The summed E-state index contributed by atoms with van der Waals surface area (Å²) in [5, 5.41) is 3.87. The van der Waals surface area contributed by atoms with Gasteiger partial charge in [0, 0.05) is 0 Å². The van der Waals surface area contributed by atoms with Crippen molar-refractivity contribution in [2.24, 2.45) is 5.10 Å². The normalized spacial score (nSPS) is 11.6. The summed E-state index contributed by atoms with van der Waals surface area (Å²) in [5.74, 6) is 1.11. The van der Waals surface area contributed by atoms with Crippen LogP contribution in [0.5, 0.6) is 11.5 Å². The number of sulfonamides is 1. The monoisotopic (exact) mass is 440 g/mol. The number of rotatable bonds is 7. The number of methoxy groups -OCH3 is 1. The fraction of sp³-hybridized carbons (Fsp3) is 0.278. The first kappa shape index (κ1) is 20.3. The minimum absolute atomic E-state index is 0.200. The average Bonchev–Trinajstić information content (AvgIpc) is 2.56. The van der Waals surface area contributed by atoms with Crippen LogP contribution in [0.1, 0.15) is 23.6 Å². The predicted molar refractivity (Wildman–Crippen MR) is 106 cm³/mol. The number of halogens is 1. The third-order valence-corrected chi connectivity index (χ3v) is 5.52. The van der Waals surface area contributed by atoms with E-state index in [2.05, 4.69) is 25.9 Å². The molecular weight excluding hydrogens is 420 g/mol. The summed E-state index contributed by atoms with van der Waals surface area (Å²) in [6.07, 6.45) is 1.41. The molecule has 26 heavy (non-hydrogen) atoms. The van der Waals surface area contributed by atoms with Crippen LogP contribution in [-0.2, 0) is 10.0 Å². The second kappa shape index (κ2) is 8.55. The molecule has 0 amide bonds. The molecule has 6 nitrogen and oxygen atoms in total. The van der Waals surface area contributed by atoms with E-state index in [0.717, 1.165) is 5.56 Å². The van der Waals surface area contributed by atoms with Gasteiger partial charge in [0.25, 0.3) is 10.0 Å². The summed E-state index contributed by atoms with van der Waals surface area (Å²) in [7, 11) is -2.20.